The molecule has 0 aliphatic carbocycles. The summed E-state index contributed by atoms with van der Waals surface area (Å²) in [5, 5.41) is 0. The van der Waals surface area contributed by atoms with Gasteiger partial charge in [-0.1, -0.05) is 5.92 Å². The third kappa shape index (κ3) is 12.3. The van der Waals surface area contributed by atoms with Crippen LogP contribution in [0.1, 0.15) is 12.8 Å². The van der Waals surface area contributed by atoms with Crippen LogP contribution in [0.5, 0.6) is 0 Å². The number of thioether (sulfide) groups is 2. The maximum absolute atomic E-state index is 5.58. The molecule has 6 heteroatoms. The van der Waals surface area contributed by atoms with E-state index < -0.39 is 0 Å². The quantitative estimate of drug-likeness (QED) is 0.380. The SMILES string of the molecule is C#CCOCCOCCOCCOCCC1SCCCS1. The molecule has 0 aromatic heterocycles. The summed E-state index contributed by atoms with van der Waals surface area (Å²) in [7, 11) is 0. The second kappa shape index (κ2) is 15.0. The van der Waals surface area contributed by atoms with Crippen molar-refractivity contribution in [1.82, 2.24) is 0 Å². The van der Waals surface area contributed by atoms with E-state index in [-0.39, 0.29) is 0 Å². The van der Waals surface area contributed by atoms with Crippen molar-refractivity contribution in [3.8, 4) is 12.3 Å². The summed E-state index contributed by atoms with van der Waals surface area (Å²) in [4.78, 5) is 0. The fourth-order valence-corrected chi connectivity index (χ4v) is 4.49. The van der Waals surface area contributed by atoms with E-state index in [0.717, 1.165) is 17.6 Å². The zero-order valence-corrected chi connectivity index (χ0v) is 14.2. The number of terminal acetylenes is 1. The highest BCUT2D eigenvalue weighted by atomic mass is 32.2. The Bertz CT molecular complexity index is 265. The van der Waals surface area contributed by atoms with Crippen LogP contribution in [0.3, 0.4) is 0 Å². The van der Waals surface area contributed by atoms with Crippen LogP contribution >= 0.6 is 23.5 Å². The molecule has 1 saturated heterocycles. The maximum atomic E-state index is 5.58. The monoisotopic (exact) mass is 334 g/mol. The van der Waals surface area contributed by atoms with Crippen LogP contribution in [0.15, 0.2) is 0 Å². The van der Waals surface area contributed by atoms with Gasteiger partial charge in [-0.15, -0.1) is 29.9 Å². The molecule has 0 atom stereocenters. The third-order valence-electron chi connectivity index (χ3n) is 2.70. The predicted molar refractivity (Wildman–Crippen MR) is 90.0 cm³/mol. The smallest absolute Gasteiger partial charge is 0.107 e. The minimum absolute atomic E-state index is 0.342. The summed E-state index contributed by atoms with van der Waals surface area (Å²) in [5.41, 5.74) is 0. The molecule has 0 amide bonds. The van der Waals surface area contributed by atoms with Gasteiger partial charge < -0.3 is 18.9 Å². The average Bonchev–Trinajstić information content (AvgIpc) is 2.53. The maximum Gasteiger partial charge on any atom is 0.107 e. The van der Waals surface area contributed by atoms with Gasteiger partial charge in [-0.25, -0.2) is 0 Å². The summed E-state index contributed by atoms with van der Waals surface area (Å²) < 4.78 is 22.1. The molecular formula is C15H26O4S2. The molecule has 0 bridgehead atoms. The molecular weight excluding hydrogens is 308 g/mol. The highest BCUT2D eigenvalue weighted by molar-refractivity contribution is 8.17. The number of rotatable bonds is 13. The van der Waals surface area contributed by atoms with Gasteiger partial charge in [-0.3, -0.25) is 0 Å². The van der Waals surface area contributed by atoms with E-state index in [4.69, 9.17) is 25.4 Å². The lowest BCUT2D eigenvalue weighted by molar-refractivity contribution is 0.00136. The zero-order chi connectivity index (χ0) is 15.0. The summed E-state index contributed by atoms with van der Waals surface area (Å²) in [6.07, 6.45) is 7.53. The Morgan fingerprint density at radius 2 is 1.33 bits per heavy atom. The molecule has 0 radical (unpaired) electrons. The van der Waals surface area contributed by atoms with Gasteiger partial charge in [0.1, 0.15) is 6.61 Å². The largest absolute Gasteiger partial charge is 0.379 e. The van der Waals surface area contributed by atoms with E-state index in [0.29, 0.717) is 46.2 Å². The standard InChI is InChI=1S/C15H26O4S2/c1-2-5-16-7-9-18-11-12-19-10-8-17-6-4-15-20-13-3-14-21-15/h1,15H,3-14H2. The van der Waals surface area contributed by atoms with E-state index in [1.165, 1.54) is 17.9 Å². The normalized spacial score (nSPS) is 16.0. The number of hydrogen-bond acceptors (Lipinski definition) is 6. The van der Waals surface area contributed by atoms with Crippen LogP contribution in [-0.2, 0) is 18.9 Å². The van der Waals surface area contributed by atoms with Gasteiger partial charge in [-0.2, -0.15) is 0 Å². The van der Waals surface area contributed by atoms with E-state index in [2.05, 4.69) is 29.4 Å². The van der Waals surface area contributed by atoms with Crippen molar-refractivity contribution in [2.24, 2.45) is 0 Å². The molecule has 1 fully saturated rings. The van der Waals surface area contributed by atoms with E-state index in [9.17, 15) is 0 Å². The summed E-state index contributed by atoms with van der Waals surface area (Å²) in [5.74, 6) is 5.01. The average molecular weight is 335 g/mol. The Labute approximate surface area is 137 Å². The van der Waals surface area contributed by atoms with Crippen molar-refractivity contribution in [3.05, 3.63) is 0 Å². The van der Waals surface area contributed by atoms with Gasteiger partial charge in [0.15, 0.2) is 0 Å². The first-order valence-corrected chi connectivity index (χ1v) is 9.51. The Hall–Kier alpha value is 0.1000. The van der Waals surface area contributed by atoms with Gasteiger partial charge >= 0.3 is 0 Å². The summed E-state index contributed by atoms with van der Waals surface area (Å²) in [6.45, 7) is 4.71. The Morgan fingerprint density at radius 1 is 0.810 bits per heavy atom. The Balaban J connectivity index is 1.70. The second-order valence-electron chi connectivity index (χ2n) is 4.41. The van der Waals surface area contributed by atoms with Gasteiger partial charge in [0.25, 0.3) is 0 Å². The zero-order valence-electron chi connectivity index (χ0n) is 12.6. The molecule has 122 valence electrons. The van der Waals surface area contributed by atoms with Crippen LogP contribution in [0.4, 0.5) is 0 Å². The Kier molecular flexibility index (Phi) is 13.7. The highest BCUT2D eigenvalue weighted by Crippen LogP contribution is 2.32. The van der Waals surface area contributed by atoms with Crippen LogP contribution in [-0.4, -0.2) is 68.9 Å². The predicted octanol–water partition coefficient (Wildman–Crippen LogP) is 2.27. The van der Waals surface area contributed by atoms with Crippen molar-refractivity contribution in [2.75, 3.05) is 64.4 Å². The lowest BCUT2D eigenvalue weighted by atomic mass is 10.5. The Morgan fingerprint density at radius 3 is 1.90 bits per heavy atom. The second-order valence-corrected chi connectivity index (χ2v) is 7.33. The van der Waals surface area contributed by atoms with Crippen LogP contribution < -0.4 is 0 Å². The summed E-state index contributed by atoms with van der Waals surface area (Å²) in [6, 6.07) is 0. The molecule has 1 aliphatic rings. The fourth-order valence-electron chi connectivity index (χ4n) is 1.67. The van der Waals surface area contributed by atoms with E-state index in [1.807, 2.05) is 0 Å². The van der Waals surface area contributed by atoms with E-state index >= 15 is 0 Å². The number of hydrogen-bond donors (Lipinski definition) is 0. The molecule has 0 N–H and O–H groups in total. The molecule has 1 rings (SSSR count). The van der Waals surface area contributed by atoms with Crippen LogP contribution in [0.25, 0.3) is 0 Å². The highest BCUT2D eigenvalue weighted by Gasteiger charge is 2.13. The van der Waals surface area contributed by atoms with Gasteiger partial charge in [0.2, 0.25) is 0 Å². The minimum atomic E-state index is 0.342. The van der Waals surface area contributed by atoms with Crippen molar-refractivity contribution in [2.45, 2.75) is 17.4 Å². The third-order valence-corrected chi connectivity index (χ3v) is 5.78. The van der Waals surface area contributed by atoms with Gasteiger partial charge in [0.05, 0.1) is 44.2 Å². The van der Waals surface area contributed by atoms with Crippen molar-refractivity contribution >= 4 is 23.5 Å². The first kappa shape index (κ1) is 19.1. The van der Waals surface area contributed by atoms with Crippen molar-refractivity contribution < 1.29 is 18.9 Å². The molecule has 0 spiro atoms. The molecule has 0 saturated carbocycles. The molecule has 4 nitrogen and oxygen atoms in total. The van der Waals surface area contributed by atoms with Gasteiger partial charge in [-0.05, 0) is 24.3 Å². The van der Waals surface area contributed by atoms with E-state index in [1.54, 1.807) is 0 Å². The lowest BCUT2D eigenvalue weighted by Gasteiger charge is -2.20. The molecule has 0 aromatic rings. The fraction of sp³-hybridized carbons (Fsp3) is 0.867. The number of ether oxygens (including phenoxy) is 4. The molecule has 1 aliphatic heterocycles. The van der Waals surface area contributed by atoms with Crippen molar-refractivity contribution in [3.63, 3.8) is 0 Å². The van der Waals surface area contributed by atoms with Crippen molar-refractivity contribution in [1.29, 1.82) is 0 Å². The molecule has 0 unspecified atom stereocenters. The lowest BCUT2D eigenvalue weighted by Crippen LogP contribution is -2.13. The summed E-state index contributed by atoms with van der Waals surface area (Å²) >= 11 is 4.12. The topological polar surface area (TPSA) is 36.9 Å². The first-order chi connectivity index (χ1) is 10.4. The van der Waals surface area contributed by atoms with Crippen LogP contribution in [0, 0.1) is 12.3 Å². The minimum Gasteiger partial charge on any atom is -0.379 e. The molecule has 21 heavy (non-hydrogen) atoms. The first-order valence-electron chi connectivity index (χ1n) is 7.41. The van der Waals surface area contributed by atoms with Crippen LogP contribution in [0.2, 0.25) is 0 Å². The van der Waals surface area contributed by atoms with Gasteiger partial charge in [0, 0.05) is 6.61 Å². The molecule has 1 heterocycles. The molecule has 0 aromatic carbocycles.